The van der Waals surface area contributed by atoms with E-state index in [1.165, 1.54) is 29.3 Å². The van der Waals surface area contributed by atoms with Crippen molar-refractivity contribution in [3.05, 3.63) is 47.0 Å². The van der Waals surface area contributed by atoms with Crippen molar-refractivity contribution in [2.24, 2.45) is 0 Å². The number of epoxide rings is 1. The molecule has 4 heterocycles. The molecular weight excluding hydrogens is 411 g/mol. The predicted octanol–water partition coefficient (Wildman–Crippen LogP) is 1.23. The highest BCUT2D eigenvalue weighted by Gasteiger charge is 2.39. The molecule has 4 rings (SSSR count). The van der Waals surface area contributed by atoms with Gasteiger partial charge in [-0.3, -0.25) is 9.78 Å². The van der Waals surface area contributed by atoms with Crippen LogP contribution in [0.4, 0.5) is 9.52 Å². The van der Waals surface area contributed by atoms with Crippen LogP contribution in [-0.2, 0) is 24.1 Å². The maximum atomic E-state index is 14.3. The van der Waals surface area contributed by atoms with Crippen molar-refractivity contribution in [1.82, 2.24) is 35.5 Å². The summed E-state index contributed by atoms with van der Waals surface area (Å²) in [6, 6.07) is 3.92. The zero-order valence-corrected chi connectivity index (χ0v) is 17.0. The number of aryl methyl sites for hydroxylation is 1. The number of halogens is 1. The van der Waals surface area contributed by atoms with Gasteiger partial charge in [-0.15, -0.1) is 15.3 Å². The van der Waals surface area contributed by atoms with Crippen LogP contribution in [0.1, 0.15) is 27.5 Å². The SMILES string of the molecule is CNC(=O)c1cn(CC(F)CCc2nnc(NC3OC3Cc3cccnc3)s2)nn1. The molecule has 1 saturated heterocycles. The summed E-state index contributed by atoms with van der Waals surface area (Å²) in [7, 11) is 1.50. The monoisotopic (exact) mass is 432 g/mol. The zero-order valence-electron chi connectivity index (χ0n) is 16.2. The van der Waals surface area contributed by atoms with Gasteiger partial charge in [0.2, 0.25) is 5.13 Å². The minimum atomic E-state index is -1.14. The number of carbonyl (C=O) groups excluding carboxylic acids is 1. The molecule has 3 atom stereocenters. The second-order valence-electron chi connectivity index (χ2n) is 6.85. The van der Waals surface area contributed by atoms with Crippen LogP contribution in [-0.4, -0.2) is 61.6 Å². The molecule has 158 valence electrons. The number of hydrogen-bond acceptors (Lipinski definition) is 9. The molecular formula is C18H21FN8O2S. The minimum absolute atomic E-state index is 0.0276. The van der Waals surface area contributed by atoms with Crippen LogP contribution in [0.5, 0.6) is 0 Å². The van der Waals surface area contributed by atoms with Crippen LogP contribution in [0.15, 0.2) is 30.7 Å². The Labute approximate surface area is 175 Å². The molecule has 1 amide bonds. The lowest BCUT2D eigenvalue weighted by molar-refractivity contribution is 0.0958. The fourth-order valence-corrected chi connectivity index (χ4v) is 3.69. The summed E-state index contributed by atoms with van der Waals surface area (Å²) in [4.78, 5) is 15.6. The van der Waals surface area contributed by atoms with Gasteiger partial charge in [0.25, 0.3) is 5.91 Å². The Balaban J connectivity index is 1.19. The normalized spacial score (nSPS) is 18.7. The lowest BCUT2D eigenvalue weighted by Crippen LogP contribution is -2.18. The van der Waals surface area contributed by atoms with E-state index in [9.17, 15) is 9.18 Å². The van der Waals surface area contributed by atoms with Gasteiger partial charge in [0.15, 0.2) is 11.9 Å². The van der Waals surface area contributed by atoms with E-state index in [2.05, 4.69) is 36.1 Å². The number of hydrogen-bond donors (Lipinski definition) is 2. The van der Waals surface area contributed by atoms with Crippen LogP contribution in [0, 0.1) is 0 Å². The van der Waals surface area contributed by atoms with Crippen molar-refractivity contribution in [3.8, 4) is 0 Å². The quantitative estimate of drug-likeness (QED) is 0.459. The lowest BCUT2D eigenvalue weighted by atomic mass is 10.1. The summed E-state index contributed by atoms with van der Waals surface area (Å²) in [5.41, 5.74) is 1.28. The summed E-state index contributed by atoms with van der Waals surface area (Å²) >= 11 is 1.39. The van der Waals surface area contributed by atoms with E-state index in [4.69, 9.17) is 4.74 Å². The first-order chi connectivity index (χ1) is 14.6. The van der Waals surface area contributed by atoms with E-state index in [1.54, 1.807) is 6.20 Å². The number of nitrogens with zero attached hydrogens (tertiary/aromatic N) is 6. The highest BCUT2D eigenvalue weighted by molar-refractivity contribution is 7.15. The number of nitrogens with one attached hydrogen (secondary N) is 2. The average molecular weight is 432 g/mol. The first-order valence-corrected chi connectivity index (χ1v) is 10.3. The van der Waals surface area contributed by atoms with Gasteiger partial charge in [0, 0.05) is 32.3 Å². The third-order valence-electron chi connectivity index (χ3n) is 4.53. The molecule has 0 spiro atoms. The Bertz CT molecular complexity index is 981. The van der Waals surface area contributed by atoms with Crippen LogP contribution in [0.3, 0.4) is 0 Å². The maximum absolute atomic E-state index is 14.3. The van der Waals surface area contributed by atoms with Crippen LogP contribution >= 0.6 is 11.3 Å². The van der Waals surface area contributed by atoms with Gasteiger partial charge in [-0.25, -0.2) is 9.07 Å². The molecule has 0 bridgehead atoms. The fraction of sp³-hybridized carbons (Fsp3) is 0.444. The van der Waals surface area contributed by atoms with Crippen molar-refractivity contribution >= 4 is 22.4 Å². The highest BCUT2D eigenvalue weighted by Crippen LogP contribution is 2.29. The second-order valence-corrected chi connectivity index (χ2v) is 7.91. The van der Waals surface area contributed by atoms with Crippen LogP contribution in [0.25, 0.3) is 0 Å². The molecule has 1 fully saturated rings. The molecule has 3 aromatic heterocycles. The maximum Gasteiger partial charge on any atom is 0.273 e. The molecule has 0 radical (unpaired) electrons. The first kappa shape index (κ1) is 20.3. The van der Waals surface area contributed by atoms with Gasteiger partial charge in [-0.05, 0) is 18.1 Å². The lowest BCUT2D eigenvalue weighted by Gasteiger charge is -2.05. The first-order valence-electron chi connectivity index (χ1n) is 9.50. The van der Waals surface area contributed by atoms with Gasteiger partial charge >= 0.3 is 0 Å². The predicted molar refractivity (Wildman–Crippen MR) is 107 cm³/mol. The standard InChI is InChI=1S/C18H21FN8O2S/c1-20-16(28)13-10-27(26-23-13)9-12(19)4-5-15-24-25-18(30-15)22-17-14(29-17)7-11-3-2-6-21-8-11/h2-3,6,8,10,12,14,17H,4-5,7,9H2,1H3,(H,20,28)(H,22,25). The highest BCUT2D eigenvalue weighted by atomic mass is 32.1. The summed E-state index contributed by atoms with van der Waals surface area (Å²) in [5.74, 6) is -0.354. The van der Waals surface area contributed by atoms with Gasteiger partial charge in [-0.1, -0.05) is 22.6 Å². The van der Waals surface area contributed by atoms with Crippen LogP contribution in [0.2, 0.25) is 0 Å². The summed E-state index contributed by atoms with van der Waals surface area (Å²) in [6.45, 7) is 0.0276. The number of alkyl halides is 1. The van der Waals surface area contributed by atoms with Crippen molar-refractivity contribution in [1.29, 1.82) is 0 Å². The molecule has 12 heteroatoms. The minimum Gasteiger partial charge on any atom is -0.354 e. The summed E-state index contributed by atoms with van der Waals surface area (Å²) < 4.78 is 21.2. The molecule has 10 nitrogen and oxygen atoms in total. The zero-order chi connectivity index (χ0) is 20.9. The van der Waals surface area contributed by atoms with E-state index in [0.29, 0.717) is 11.6 Å². The molecule has 2 N–H and O–H groups in total. The van der Waals surface area contributed by atoms with Gasteiger partial charge < -0.3 is 15.4 Å². The number of rotatable bonds is 10. The topological polar surface area (TPSA) is 123 Å². The van der Waals surface area contributed by atoms with Crippen molar-refractivity contribution < 1.29 is 13.9 Å². The van der Waals surface area contributed by atoms with Crippen LogP contribution < -0.4 is 10.6 Å². The molecule has 3 aromatic rings. The Kier molecular flexibility index (Phi) is 6.23. The Morgan fingerprint density at radius 2 is 2.30 bits per heavy atom. The smallest absolute Gasteiger partial charge is 0.273 e. The Morgan fingerprint density at radius 1 is 1.40 bits per heavy atom. The molecule has 0 aromatic carbocycles. The number of pyridine rings is 1. The molecule has 30 heavy (non-hydrogen) atoms. The number of anilines is 1. The third-order valence-corrected chi connectivity index (χ3v) is 5.44. The van der Waals surface area contributed by atoms with E-state index in [1.807, 2.05) is 18.3 Å². The molecule has 1 aliphatic heterocycles. The molecule has 1 aliphatic rings. The molecule has 0 aliphatic carbocycles. The van der Waals surface area contributed by atoms with Gasteiger partial charge in [0.05, 0.1) is 12.7 Å². The third kappa shape index (κ3) is 5.33. The van der Waals surface area contributed by atoms with E-state index in [-0.39, 0.29) is 36.9 Å². The van der Waals surface area contributed by atoms with Crippen molar-refractivity contribution in [2.45, 2.75) is 44.3 Å². The molecule has 3 unspecified atom stereocenters. The number of ether oxygens (including phenoxy) is 1. The Hall–Kier alpha value is -2.99. The van der Waals surface area contributed by atoms with Gasteiger partial charge in [-0.2, -0.15) is 0 Å². The van der Waals surface area contributed by atoms with Gasteiger partial charge in [0.1, 0.15) is 17.3 Å². The summed E-state index contributed by atoms with van der Waals surface area (Å²) in [6.07, 6.45) is 5.36. The van der Waals surface area contributed by atoms with Crippen molar-refractivity contribution in [2.75, 3.05) is 12.4 Å². The number of aromatic nitrogens is 6. The van der Waals surface area contributed by atoms with Crippen molar-refractivity contribution in [3.63, 3.8) is 0 Å². The van der Waals surface area contributed by atoms with E-state index in [0.717, 1.165) is 17.0 Å². The molecule has 0 saturated carbocycles. The Morgan fingerprint density at radius 3 is 3.10 bits per heavy atom. The van der Waals surface area contributed by atoms with E-state index < -0.39 is 6.17 Å². The largest absolute Gasteiger partial charge is 0.354 e. The number of carbonyl (C=O) groups is 1. The fourth-order valence-electron chi connectivity index (χ4n) is 2.91. The summed E-state index contributed by atoms with van der Waals surface area (Å²) in [5, 5.41) is 22.8. The van der Waals surface area contributed by atoms with E-state index >= 15 is 0 Å². The second kappa shape index (κ2) is 9.22. The average Bonchev–Trinajstić information content (AvgIpc) is 3.12. The number of amides is 1.